The molecule has 0 aliphatic carbocycles. The second-order valence-electron chi connectivity index (χ2n) is 29.4. The smallest absolute Gasteiger partial charge is 0.462 e. The van der Waals surface area contributed by atoms with Gasteiger partial charge in [0.05, 0.1) is 26.4 Å². The third-order valence-electron chi connectivity index (χ3n) is 18.5. The van der Waals surface area contributed by atoms with E-state index in [9.17, 15) is 43.2 Å². The number of phosphoric acid groups is 2. The van der Waals surface area contributed by atoms with Crippen molar-refractivity contribution in [3.63, 3.8) is 0 Å². The summed E-state index contributed by atoms with van der Waals surface area (Å²) >= 11 is 0. The number of phosphoric ester groups is 2. The minimum Gasteiger partial charge on any atom is -0.462 e. The molecule has 0 aliphatic heterocycles. The zero-order valence-corrected chi connectivity index (χ0v) is 65.9. The normalized spacial score (nSPS) is 13.9. The largest absolute Gasteiger partial charge is 0.472 e. The maximum absolute atomic E-state index is 13.1. The molecule has 0 saturated heterocycles. The number of rotatable bonds is 78. The molecule has 17 nitrogen and oxygen atoms in total. The molecule has 0 aromatic carbocycles. The van der Waals surface area contributed by atoms with E-state index in [1.807, 2.05) is 0 Å². The SMILES string of the molecule is CCCCCCCCCCCCCCCCCCCCCCC(=O)O[C@H](COC(=O)CCCCCCCCCCCCCCCCC(C)C)COP(=O)(O)OC[C@@H](O)COP(=O)(O)OC[C@@H](COC(=O)CCCCCCCCCC)OC(=O)CCCCCCCCCCCCC(C)C. The monoisotopic (exact) mass is 1440 g/mol. The van der Waals surface area contributed by atoms with Gasteiger partial charge < -0.3 is 33.8 Å². The van der Waals surface area contributed by atoms with Gasteiger partial charge in [-0.25, -0.2) is 9.13 Å². The highest BCUT2D eigenvalue weighted by Gasteiger charge is 2.30. The molecule has 0 aliphatic rings. The van der Waals surface area contributed by atoms with E-state index in [1.54, 1.807) is 0 Å². The first-order valence-electron chi connectivity index (χ1n) is 41.0. The average molecular weight is 1440 g/mol. The van der Waals surface area contributed by atoms with Crippen molar-refractivity contribution in [1.29, 1.82) is 0 Å². The summed E-state index contributed by atoms with van der Waals surface area (Å²) in [6.07, 6.45) is 59.8. The van der Waals surface area contributed by atoms with Crippen molar-refractivity contribution in [1.82, 2.24) is 0 Å². The second kappa shape index (κ2) is 70.7. The van der Waals surface area contributed by atoms with Crippen LogP contribution >= 0.6 is 15.6 Å². The number of aliphatic hydroxyl groups excluding tert-OH is 1. The van der Waals surface area contributed by atoms with Gasteiger partial charge in [0.1, 0.15) is 19.3 Å². The third-order valence-corrected chi connectivity index (χ3v) is 20.4. The quantitative estimate of drug-likeness (QED) is 0.0222. The van der Waals surface area contributed by atoms with Gasteiger partial charge >= 0.3 is 39.5 Å². The van der Waals surface area contributed by atoms with Gasteiger partial charge in [-0.2, -0.15) is 0 Å². The van der Waals surface area contributed by atoms with E-state index in [4.69, 9.17) is 37.0 Å². The molecule has 0 amide bonds. The number of esters is 4. The van der Waals surface area contributed by atoms with Gasteiger partial charge in [-0.3, -0.25) is 37.3 Å². The van der Waals surface area contributed by atoms with E-state index in [0.29, 0.717) is 25.7 Å². The minimum absolute atomic E-state index is 0.106. The lowest BCUT2D eigenvalue weighted by Gasteiger charge is -2.21. The molecule has 0 radical (unpaired) electrons. The summed E-state index contributed by atoms with van der Waals surface area (Å²) in [6, 6.07) is 0. The van der Waals surface area contributed by atoms with Gasteiger partial charge in [0, 0.05) is 25.7 Å². The molecule has 3 N–H and O–H groups in total. The van der Waals surface area contributed by atoms with Crippen molar-refractivity contribution in [2.24, 2.45) is 11.8 Å². The van der Waals surface area contributed by atoms with Crippen LogP contribution in [0.1, 0.15) is 414 Å². The molecular formula is C79H154O17P2. The highest BCUT2D eigenvalue weighted by atomic mass is 31.2. The summed E-state index contributed by atoms with van der Waals surface area (Å²) in [5.41, 5.74) is 0. The highest BCUT2D eigenvalue weighted by molar-refractivity contribution is 7.47. The number of carbonyl (C=O) groups excluding carboxylic acids is 4. The summed E-state index contributed by atoms with van der Waals surface area (Å²) in [5, 5.41) is 10.6. The molecule has 98 heavy (non-hydrogen) atoms. The summed E-state index contributed by atoms with van der Waals surface area (Å²) in [7, 11) is -9.91. The van der Waals surface area contributed by atoms with Crippen LogP contribution in [0.4, 0.5) is 0 Å². The van der Waals surface area contributed by atoms with Crippen LogP contribution in [0, 0.1) is 11.8 Å². The molecular weight excluding hydrogens is 1280 g/mol. The van der Waals surface area contributed by atoms with Crippen molar-refractivity contribution >= 4 is 39.5 Å². The average Bonchev–Trinajstić information content (AvgIpc) is 1.27. The molecule has 5 atom stereocenters. The van der Waals surface area contributed by atoms with E-state index >= 15 is 0 Å². The fourth-order valence-corrected chi connectivity index (χ4v) is 13.8. The van der Waals surface area contributed by atoms with Gasteiger partial charge in [-0.15, -0.1) is 0 Å². The van der Waals surface area contributed by atoms with E-state index in [2.05, 4.69) is 41.5 Å². The maximum Gasteiger partial charge on any atom is 0.472 e. The van der Waals surface area contributed by atoms with Crippen LogP contribution in [0.3, 0.4) is 0 Å². The van der Waals surface area contributed by atoms with Crippen LogP contribution in [0.15, 0.2) is 0 Å². The van der Waals surface area contributed by atoms with Crippen molar-refractivity contribution in [3.8, 4) is 0 Å². The Morgan fingerprint density at radius 2 is 0.469 bits per heavy atom. The molecule has 0 bridgehead atoms. The fourth-order valence-electron chi connectivity index (χ4n) is 12.2. The Labute approximate surface area is 600 Å². The molecule has 0 saturated carbocycles. The Morgan fingerprint density at radius 3 is 0.694 bits per heavy atom. The highest BCUT2D eigenvalue weighted by Crippen LogP contribution is 2.45. The number of aliphatic hydroxyl groups is 1. The number of ether oxygens (including phenoxy) is 4. The number of hydrogen-bond acceptors (Lipinski definition) is 15. The molecule has 0 aromatic rings. The van der Waals surface area contributed by atoms with Crippen molar-refractivity contribution in [3.05, 3.63) is 0 Å². The van der Waals surface area contributed by atoms with E-state index < -0.39 is 97.5 Å². The summed E-state index contributed by atoms with van der Waals surface area (Å²) < 4.78 is 68.6. The molecule has 0 aromatic heterocycles. The van der Waals surface area contributed by atoms with E-state index in [1.165, 1.54) is 225 Å². The lowest BCUT2D eigenvalue weighted by molar-refractivity contribution is -0.161. The molecule has 582 valence electrons. The Hall–Kier alpha value is -1.94. The number of hydrogen-bond donors (Lipinski definition) is 3. The predicted octanol–water partition coefficient (Wildman–Crippen LogP) is 23.5. The standard InChI is InChI=1S/C79H154O17P2/c1-7-9-11-13-15-17-18-19-20-21-22-23-24-25-30-33-39-45-51-57-63-78(83)96-75(68-90-77(82)62-56-50-44-38-32-29-27-26-28-31-36-41-47-53-59-71(3)4)70-94-98(87,88)92-66-73(80)65-91-97(85,86)93-69-74(67-89-76(81)61-55-49-43-16-14-12-10-8-2)95-79(84)64-58-52-46-40-35-34-37-42-48-54-60-72(5)6/h71-75,80H,7-70H2,1-6H3,(H,85,86)(H,87,88)/t73-,74+,75+/m0/s1. The van der Waals surface area contributed by atoms with Crippen LogP contribution in [-0.4, -0.2) is 96.7 Å². The molecule has 2 unspecified atom stereocenters. The first-order chi connectivity index (χ1) is 47.4. The molecule has 0 rings (SSSR count). The van der Waals surface area contributed by atoms with Gasteiger partial charge in [-0.05, 0) is 37.5 Å². The van der Waals surface area contributed by atoms with Crippen LogP contribution in [0.2, 0.25) is 0 Å². The molecule has 0 fully saturated rings. The van der Waals surface area contributed by atoms with Gasteiger partial charge in [0.2, 0.25) is 0 Å². The molecule has 0 spiro atoms. The van der Waals surface area contributed by atoms with Crippen LogP contribution in [-0.2, 0) is 65.4 Å². The van der Waals surface area contributed by atoms with Crippen LogP contribution in [0.25, 0.3) is 0 Å². The Kier molecular flexibility index (Phi) is 69.3. The van der Waals surface area contributed by atoms with E-state index in [0.717, 1.165) is 108 Å². The zero-order chi connectivity index (χ0) is 72.1. The van der Waals surface area contributed by atoms with Gasteiger partial charge in [0.25, 0.3) is 0 Å². The van der Waals surface area contributed by atoms with Crippen molar-refractivity contribution in [2.45, 2.75) is 432 Å². The number of carbonyl (C=O) groups is 4. The Morgan fingerprint density at radius 1 is 0.276 bits per heavy atom. The van der Waals surface area contributed by atoms with Crippen LogP contribution in [0.5, 0.6) is 0 Å². The van der Waals surface area contributed by atoms with Crippen molar-refractivity contribution < 1.29 is 80.2 Å². The lowest BCUT2D eigenvalue weighted by atomic mass is 10.0. The van der Waals surface area contributed by atoms with Crippen molar-refractivity contribution in [2.75, 3.05) is 39.6 Å². The fraction of sp³-hybridized carbons (Fsp3) is 0.949. The first-order valence-corrected chi connectivity index (χ1v) is 44.0. The third kappa shape index (κ3) is 72.4. The Balaban J connectivity index is 5.20. The number of unbranched alkanes of at least 4 members (excludes halogenated alkanes) is 48. The Bertz CT molecular complexity index is 1890. The van der Waals surface area contributed by atoms with Gasteiger partial charge in [0.15, 0.2) is 12.2 Å². The summed E-state index contributed by atoms with van der Waals surface area (Å²) in [5.74, 6) is -0.563. The molecule has 19 heteroatoms. The maximum atomic E-state index is 13.1. The second-order valence-corrected chi connectivity index (χ2v) is 32.3. The van der Waals surface area contributed by atoms with E-state index in [-0.39, 0.29) is 25.7 Å². The zero-order valence-electron chi connectivity index (χ0n) is 64.1. The summed E-state index contributed by atoms with van der Waals surface area (Å²) in [4.78, 5) is 72.8. The van der Waals surface area contributed by atoms with Crippen LogP contribution < -0.4 is 0 Å². The molecule has 0 heterocycles. The lowest BCUT2D eigenvalue weighted by Crippen LogP contribution is -2.30. The topological polar surface area (TPSA) is 237 Å². The summed E-state index contributed by atoms with van der Waals surface area (Å²) in [6.45, 7) is 9.60. The minimum atomic E-state index is -4.96. The predicted molar refractivity (Wildman–Crippen MR) is 400 cm³/mol. The first kappa shape index (κ1) is 96.1. The van der Waals surface area contributed by atoms with Gasteiger partial charge in [-0.1, -0.05) is 363 Å².